The van der Waals surface area contributed by atoms with Crippen LogP contribution in [0.15, 0.2) is 0 Å². The molecule has 1 heterocycles. The number of aliphatic hydroxyl groups is 1. The van der Waals surface area contributed by atoms with Gasteiger partial charge in [-0.25, -0.2) is 0 Å². The van der Waals surface area contributed by atoms with Crippen molar-refractivity contribution in [3.8, 4) is 0 Å². The highest BCUT2D eigenvalue weighted by Crippen LogP contribution is 2.14. The zero-order valence-corrected chi connectivity index (χ0v) is 11.0. The van der Waals surface area contributed by atoms with E-state index in [1.54, 1.807) is 0 Å². The predicted octanol–water partition coefficient (Wildman–Crippen LogP) is -0.112. The molecule has 0 bridgehead atoms. The highest BCUT2D eigenvalue weighted by atomic mass is 16.5. The molecule has 1 unspecified atom stereocenters. The molecule has 0 aliphatic carbocycles. The van der Waals surface area contributed by atoms with Gasteiger partial charge in [-0.15, -0.1) is 0 Å². The number of hydrogen-bond acceptors (Lipinski definition) is 4. The van der Waals surface area contributed by atoms with E-state index in [0.717, 1.165) is 19.5 Å². The molecule has 0 aromatic rings. The standard InChI is InChI=1S/C12H24N2O3/c1-9(2)4-10(5-15)14-11(16)6-17-12(3)7-13-8-12/h9-10,13,15H,4-8H2,1-3H3,(H,14,16). The Morgan fingerprint density at radius 2 is 2.18 bits per heavy atom. The third-order valence-electron chi connectivity index (χ3n) is 2.89. The maximum absolute atomic E-state index is 11.6. The Balaban J connectivity index is 2.22. The zero-order chi connectivity index (χ0) is 12.9. The highest BCUT2D eigenvalue weighted by molar-refractivity contribution is 5.77. The minimum Gasteiger partial charge on any atom is -0.394 e. The van der Waals surface area contributed by atoms with Crippen LogP contribution in [0.5, 0.6) is 0 Å². The smallest absolute Gasteiger partial charge is 0.246 e. The van der Waals surface area contributed by atoms with Crippen LogP contribution in [0.2, 0.25) is 0 Å². The van der Waals surface area contributed by atoms with Gasteiger partial charge in [-0.05, 0) is 19.3 Å². The molecule has 5 nitrogen and oxygen atoms in total. The summed E-state index contributed by atoms with van der Waals surface area (Å²) in [5, 5.41) is 15.0. The Morgan fingerprint density at radius 1 is 1.53 bits per heavy atom. The van der Waals surface area contributed by atoms with Crippen LogP contribution >= 0.6 is 0 Å². The van der Waals surface area contributed by atoms with Crippen molar-refractivity contribution in [2.24, 2.45) is 5.92 Å². The van der Waals surface area contributed by atoms with Gasteiger partial charge in [0.25, 0.3) is 0 Å². The van der Waals surface area contributed by atoms with Crippen LogP contribution in [-0.2, 0) is 9.53 Å². The molecule has 1 amide bonds. The van der Waals surface area contributed by atoms with E-state index in [9.17, 15) is 4.79 Å². The fraction of sp³-hybridized carbons (Fsp3) is 0.917. The molecule has 0 saturated carbocycles. The average molecular weight is 244 g/mol. The van der Waals surface area contributed by atoms with Crippen LogP contribution in [-0.4, -0.2) is 49.0 Å². The van der Waals surface area contributed by atoms with Crippen LogP contribution in [0.1, 0.15) is 27.2 Å². The van der Waals surface area contributed by atoms with Crippen LogP contribution in [0.3, 0.4) is 0 Å². The van der Waals surface area contributed by atoms with Crippen molar-refractivity contribution in [1.29, 1.82) is 0 Å². The number of hydrogen-bond donors (Lipinski definition) is 3. The maximum atomic E-state index is 11.6. The van der Waals surface area contributed by atoms with Crippen molar-refractivity contribution in [1.82, 2.24) is 10.6 Å². The first-order chi connectivity index (χ1) is 7.95. The molecule has 1 aliphatic rings. The SMILES string of the molecule is CC(C)CC(CO)NC(=O)COC1(C)CNC1. The van der Waals surface area contributed by atoms with E-state index in [1.165, 1.54) is 0 Å². The van der Waals surface area contributed by atoms with Crippen LogP contribution in [0, 0.1) is 5.92 Å². The summed E-state index contributed by atoms with van der Waals surface area (Å²) in [7, 11) is 0. The Labute approximate surface area is 103 Å². The normalized spacial score (nSPS) is 19.8. The van der Waals surface area contributed by atoms with Crippen molar-refractivity contribution < 1.29 is 14.6 Å². The van der Waals surface area contributed by atoms with E-state index in [0.29, 0.717) is 5.92 Å². The van der Waals surface area contributed by atoms with Gasteiger partial charge < -0.3 is 20.5 Å². The number of nitrogens with one attached hydrogen (secondary N) is 2. The fourth-order valence-corrected chi connectivity index (χ4v) is 1.84. The third kappa shape index (κ3) is 5.02. The average Bonchev–Trinajstić information content (AvgIpc) is 2.22. The molecule has 100 valence electrons. The lowest BCUT2D eigenvalue weighted by Gasteiger charge is -2.38. The van der Waals surface area contributed by atoms with Gasteiger partial charge in [0.2, 0.25) is 5.91 Å². The molecule has 17 heavy (non-hydrogen) atoms. The maximum Gasteiger partial charge on any atom is 0.246 e. The molecule has 1 aliphatic heterocycles. The Bertz CT molecular complexity index is 252. The second-order valence-electron chi connectivity index (χ2n) is 5.42. The second-order valence-corrected chi connectivity index (χ2v) is 5.42. The first kappa shape index (κ1) is 14.4. The summed E-state index contributed by atoms with van der Waals surface area (Å²) in [4.78, 5) is 11.6. The van der Waals surface area contributed by atoms with E-state index in [2.05, 4.69) is 24.5 Å². The zero-order valence-electron chi connectivity index (χ0n) is 11.0. The van der Waals surface area contributed by atoms with Crippen LogP contribution in [0.25, 0.3) is 0 Å². The van der Waals surface area contributed by atoms with Crippen LogP contribution in [0.4, 0.5) is 0 Å². The molecule has 1 saturated heterocycles. The number of amides is 1. The number of rotatable bonds is 7. The Kier molecular flexibility index (Phi) is 5.36. The molecular weight excluding hydrogens is 220 g/mol. The summed E-state index contributed by atoms with van der Waals surface area (Å²) in [6.45, 7) is 7.72. The Hall–Kier alpha value is -0.650. The lowest BCUT2D eigenvalue weighted by Crippen LogP contribution is -2.59. The Morgan fingerprint density at radius 3 is 2.59 bits per heavy atom. The number of aliphatic hydroxyl groups excluding tert-OH is 1. The summed E-state index contributed by atoms with van der Waals surface area (Å²) in [6.07, 6.45) is 0.779. The second kappa shape index (κ2) is 6.33. The molecule has 1 fully saturated rings. The summed E-state index contributed by atoms with van der Waals surface area (Å²) in [5.41, 5.74) is -0.204. The van der Waals surface area contributed by atoms with Crippen molar-refractivity contribution >= 4 is 5.91 Å². The van der Waals surface area contributed by atoms with Crippen LogP contribution < -0.4 is 10.6 Å². The molecule has 1 rings (SSSR count). The quantitative estimate of drug-likeness (QED) is 0.584. The topological polar surface area (TPSA) is 70.6 Å². The lowest BCUT2D eigenvalue weighted by molar-refractivity contribution is -0.136. The minimum atomic E-state index is -0.204. The van der Waals surface area contributed by atoms with Gasteiger partial charge in [0.1, 0.15) is 6.61 Å². The summed E-state index contributed by atoms with van der Waals surface area (Å²) in [5.74, 6) is 0.291. The molecular formula is C12H24N2O3. The molecule has 0 aromatic heterocycles. The van der Waals surface area contributed by atoms with Gasteiger partial charge in [-0.2, -0.15) is 0 Å². The fourth-order valence-electron chi connectivity index (χ4n) is 1.84. The monoisotopic (exact) mass is 244 g/mol. The summed E-state index contributed by atoms with van der Waals surface area (Å²) >= 11 is 0. The molecule has 3 N–H and O–H groups in total. The first-order valence-corrected chi connectivity index (χ1v) is 6.20. The molecule has 0 radical (unpaired) electrons. The van der Waals surface area contributed by atoms with Crippen molar-refractivity contribution in [3.63, 3.8) is 0 Å². The third-order valence-corrected chi connectivity index (χ3v) is 2.89. The van der Waals surface area contributed by atoms with E-state index in [1.807, 2.05) is 6.92 Å². The summed E-state index contributed by atoms with van der Waals surface area (Å²) in [6, 6.07) is -0.168. The van der Waals surface area contributed by atoms with Gasteiger partial charge >= 0.3 is 0 Å². The van der Waals surface area contributed by atoms with Crippen molar-refractivity contribution in [3.05, 3.63) is 0 Å². The minimum absolute atomic E-state index is 0.0251. The van der Waals surface area contributed by atoms with Crippen molar-refractivity contribution in [2.45, 2.75) is 38.8 Å². The highest BCUT2D eigenvalue weighted by Gasteiger charge is 2.33. The van der Waals surface area contributed by atoms with E-state index < -0.39 is 0 Å². The van der Waals surface area contributed by atoms with E-state index in [-0.39, 0.29) is 30.8 Å². The van der Waals surface area contributed by atoms with Gasteiger partial charge in [-0.3, -0.25) is 4.79 Å². The first-order valence-electron chi connectivity index (χ1n) is 6.20. The molecule has 5 heteroatoms. The summed E-state index contributed by atoms with van der Waals surface area (Å²) < 4.78 is 5.52. The van der Waals surface area contributed by atoms with Gasteiger partial charge in [0.15, 0.2) is 0 Å². The molecule has 0 aromatic carbocycles. The van der Waals surface area contributed by atoms with Gasteiger partial charge in [0.05, 0.1) is 18.2 Å². The predicted molar refractivity (Wildman–Crippen MR) is 65.7 cm³/mol. The number of carbonyl (C=O) groups is 1. The lowest BCUT2D eigenvalue weighted by atomic mass is 10.0. The molecule has 0 spiro atoms. The van der Waals surface area contributed by atoms with Gasteiger partial charge in [-0.1, -0.05) is 13.8 Å². The van der Waals surface area contributed by atoms with E-state index in [4.69, 9.17) is 9.84 Å². The van der Waals surface area contributed by atoms with Gasteiger partial charge in [0, 0.05) is 13.1 Å². The largest absolute Gasteiger partial charge is 0.394 e. The van der Waals surface area contributed by atoms with E-state index >= 15 is 0 Å². The number of carbonyl (C=O) groups excluding carboxylic acids is 1. The van der Waals surface area contributed by atoms with Crippen molar-refractivity contribution in [2.75, 3.05) is 26.3 Å². The molecule has 1 atom stereocenters. The number of ether oxygens (including phenoxy) is 1.